The molecule has 6 nitrogen and oxygen atoms in total. The van der Waals surface area contributed by atoms with Crippen molar-refractivity contribution in [2.45, 2.75) is 5.60 Å². The second kappa shape index (κ2) is 8.81. The van der Waals surface area contributed by atoms with E-state index < -0.39 is 5.60 Å². The Bertz CT molecular complexity index is 1110. The molecule has 8 N–H and O–H groups in total. The van der Waals surface area contributed by atoms with Crippen molar-refractivity contribution < 1.29 is 9.47 Å². The molecule has 0 aliphatic rings. The second-order valence-electron chi connectivity index (χ2n) is 7.60. The van der Waals surface area contributed by atoms with E-state index in [1.165, 1.54) is 0 Å². The van der Waals surface area contributed by atoms with Gasteiger partial charge >= 0.3 is 0 Å². The lowest BCUT2D eigenvalue weighted by atomic mass is 9.86. The lowest BCUT2D eigenvalue weighted by Gasteiger charge is -2.35. The van der Waals surface area contributed by atoms with Crippen LogP contribution in [0.25, 0.3) is 0 Å². The predicted molar refractivity (Wildman–Crippen MR) is 130 cm³/mol. The van der Waals surface area contributed by atoms with Gasteiger partial charge in [-0.1, -0.05) is 24.3 Å². The van der Waals surface area contributed by atoms with Crippen LogP contribution in [0.15, 0.2) is 97.1 Å². The van der Waals surface area contributed by atoms with Gasteiger partial charge in [-0.05, 0) is 72.8 Å². The standard InChI is InChI=1S/C26H26N4O2/c27-20-5-1-18(2-6-20)26(19-3-7-21(28)8-4-19,32-25-15-11-23(30)12-16-25)17-31-24-13-9-22(29)10-14-24/h1-16H,17,27-30H2. The first-order valence-corrected chi connectivity index (χ1v) is 10.2. The normalized spacial score (nSPS) is 11.1. The molecule has 0 radical (unpaired) electrons. The van der Waals surface area contributed by atoms with Gasteiger partial charge in [0.05, 0.1) is 0 Å². The summed E-state index contributed by atoms with van der Waals surface area (Å²) in [5, 5.41) is 0. The van der Waals surface area contributed by atoms with E-state index in [1.54, 1.807) is 24.3 Å². The summed E-state index contributed by atoms with van der Waals surface area (Å²) in [6, 6.07) is 29.7. The van der Waals surface area contributed by atoms with Crippen molar-refractivity contribution in [1.82, 2.24) is 0 Å². The Morgan fingerprint density at radius 3 is 1.22 bits per heavy atom. The predicted octanol–water partition coefficient (Wildman–Crippen LogP) is 4.42. The van der Waals surface area contributed by atoms with Gasteiger partial charge in [0.15, 0.2) is 5.60 Å². The SMILES string of the molecule is Nc1ccc(OCC(Oc2ccc(N)cc2)(c2ccc(N)cc2)c2ccc(N)cc2)cc1. The molecule has 0 amide bonds. The molecule has 0 fully saturated rings. The number of rotatable bonds is 7. The molecule has 0 bridgehead atoms. The largest absolute Gasteiger partial charge is 0.489 e. The van der Waals surface area contributed by atoms with E-state index in [2.05, 4.69) is 0 Å². The van der Waals surface area contributed by atoms with Gasteiger partial charge < -0.3 is 32.4 Å². The molecule has 0 saturated carbocycles. The van der Waals surface area contributed by atoms with Crippen LogP contribution >= 0.6 is 0 Å². The number of nitrogens with two attached hydrogens (primary N) is 4. The van der Waals surface area contributed by atoms with Crippen LogP contribution in [0.1, 0.15) is 11.1 Å². The maximum absolute atomic E-state index is 6.67. The van der Waals surface area contributed by atoms with Gasteiger partial charge in [-0.15, -0.1) is 0 Å². The van der Waals surface area contributed by atoms with Crippen LogP contribution in [0.5, 0.6) is 11.5 Å². The number of nitrogen functional groups attached to an aromatic ring is 4. The van der Waals surface area contributed by atoms with Gasteiger partial charge in [0, 0.05) is 33.9 Å². The average molecular weight is 427 g/mol. The molecule has 0 saturated heterocycles. The highest BCUT2D eigenvalue weighted by Crippen LogP contribution is 2.37. The van der Waals surface area contributed by atoms with Gasteiger partial charge in [0.2, 0.25) is 0 Å². The fraction of sp³-hybridized carbons (Fsp3) is 0.0769. The summed E-state index contributed by atoms with van der Waals surface area (Å²) in [5.41, 5.74) is 27.0. The first kappa shape index (κ1) is 20.9. The van der Waals surface area contributed by atoms with Crippen molar-refractivity contribution in [2.24, 2.45) is 0 Å². The molecular weight excluding hydrogens is 400 g/mol. The maximum atomic E-state index is 6.67. The Kier molecular flexibility index (Phi) is 5.77. The summed E-state index contributed by atoms with van der Waals surface area (Å²) in [6.45, 7) is 0.190. The Morgan fingerprint density at radius 1 is 0.469 bits per heavy atom. The highest BCUT2D eigenvalue weighted by molar-refractivity contribution is 5.50. The monoisotopic (exact) mass is 426 g/mol. The molecule has 32 heavy (non-hydrogen) atoms. The highest BCUT2D eigenvalue weighted by Gasteiger charge is 2.38. The Hall–Kier alpha value is -4.32. The zero-order chi connectivity index (χ0) is 22.6. The Balaban J connectivity index is 1.82. The molecule has 0 spiro atoms. The van der Waals surface area contributed by atoms with E-state index in [-0.39, 0.29) is 6.61 Å². The van der Waals surface area contributed by atoms with Crippen LogP contribution in [0.3, 0.4) is 0 Å². The lowest BCUT2D eigenvalue weighted by Crippen LogP contribution is -2.41. The zero-order valence-corrected chi connectivity index (χ0v) is 17.6. The van der Waals surface area contributed by atoms with Crippen molar-refractivity contribution in [3.63, 3.8) is 0 Å². The maximum Gasteiger partial charge on any atom is 0.193 e. The quantitative estimate of drug-likeness (QED) is 0.325. The molecular formula is C26H26N4O2. The van der Waals surface area contributed by atoms with Crippen molar-refractivity contribution in [2.75, 3.05) is 29.5 Å². The molecule has 0 aliphatic heterocycles. The van der Waals surface area contributed by atoms with Crippen LogP contribution in [-0.4, -0.2) is 6.61 Å². The van der Waals surface area contributed by atoms with Crippen LogP contribution < -0.4 is 32.4 Å². The van der Waals surface area contributed by atoms with Crippen molar-refractivity contribution >= 4 is 22.7 Å². The molecule has 6 heteroatoms. The summed E-state index contributed by atoms with van der Waals surface area (Å²) >= 11 is 0. The molecule has 0 unspecified atom stereocenters. The lowest BCUT2D eigenvalue weighted by molar-refractivity contribution is 0.0518. The van der Waals surface area contributed by atoms with Crippen molar-refractivity contribution in [1.29, 1.82) is 0 Å². The smallest absolute Gasteiger partial charge is 0.193 e. The molecule has 0 aromatic heterocycles. The van der Waals surface area contributed by atoms with E-state index in [9.17, 15) is 0 Å². The van der Waals surface area contributed by atoms with Gasteiger partial charge in [-0.25, -0.2) is 0 Å². The van der Waals surface area contributed by atoms with Gasteiger partial charge in [-0.3, -0.25) is 0 Å². The molecule has 0 atom stereocenters. The first-order valence-electron chi connectivity index (χ1n) is 10.2. The summed E-state index contributed by atoms with van der Waals surface area (Å²) < 4.78 is 12.9. The third kappa shape index (κ3) is 4.54. The number of anilines is 4. The van der Waals surface area contributed by atoms with Crippen LogP contribution in [0.4, 0.5) is 22.7 Å². The zero-order valence-electron chi connectivity index (χ0n) is 17.6. The summed E-state index contributed by atoms with van der Waals surface area (Å²) in [4.78, 5) is 0. The number of hydrogen-bond donors (Lipinski definition) is 4. The van der Waals surface area contributed by atoms with Gasteiger partial charge in [0.25, 0.3) is 0 Å². The van der Waals surface area contributed by atoms with Crippen molar-refractivity contribution in [3.05, 3.63) is 108 Å². The molecule has 162 valence electrons. The number of benzene rings is 4. The molecule has 0 aliphatic carbocycles. The minimum Gasteiger partial charge on any atom is -0.489 e. The molecule has 4 aromatic rings. The fourth-order valence-corrected chi connectivity index (χ4v) is 3.47. The number of hydrogen-bond acceptors (Lipinski definition) is 6. The minimum absolute atomic E-state index is 0.190. The van der Waals surface area contributed by atoms with Crippen LogP contribution in [0.2, 0.25) is 0 Å². The van der Waals surface area contributed by atoms with Crippen molar-refractivity contribution in [3.8, 4) is 11.5 Å². The van der Waals surface area contributed by atoms with E-state index in [0.29, 0.717) is 34.2 Å². The third-order valence-electron chi connectivity index (χ3n) is 5.25. The minimum atomic E-state index is -0.987. The van der Waals surface area contributed by atoms with Gasteiger partial charge in [-0.2, -0.15) is 0 Å². The Morgan fingerprint density at radius 2 is 0.812 bits per heavy atom. The highest BCUT2D eigenvalue weighted by atomic mass is 16.5. The first-order chi connectivity index (χ1) is 15.4. The van der Waals surface area contributed by atoms with E-state index >= 15 is 0 Å². The topological polar surface area (TPSA) is 123 Å². The summed E-state index contributed by atoms with van der Waals surface area (Å²) in [5.74, 6) is 1.32. The molecule has 4 aromatic carbocycles. The van der Waals surface area contributed by atoms with Crippen LogP contribution in [-0.2, 0) is 5.60 Å². The van der Waals surface area contributed by atoms with E-state index in [1.807, 2.05) is 72.8 Å². The summed E-state index contributed by atoms with van der Waals surface area (Å²) in [7, 11) is 0. The second-order valence-corrected chi connectivity index (χ2v) is 7.60. The summed E-state index contributed by atoms with van der Waals surface area (Å²) in [6.07, 6.45) is 0. The molecule has 4 rings (SSSR count). The fourth-order valence-electron chi connectivity index (χ4n) is 3.47. The number of ether oxygens (including phenoxy) is 2. The Labute approximate surface area is 187 Å². The average Bonchev–Trinajstić information content (AvgIpc) is 2.80. The van der Waals surface area contributed by atoms with Gasteiger partial charge in [0.1, 0.15) is 18.1 Å². The molecule has 0 heterocycles. The third-order valence-corrected chi connectivity index (χ3v) is 5.25. The van der Waals surface area contributed by atoms with E-state index in [4.69, 9.17) is 32.4 Å². The van der Waals surface area contributed by atoms with Crippen LogP contribution in [0, 0.1) is 0 Å². The van der Waals surface area contributed by atoms with E-state index in [0.717, 1.165) is 11.1 Å².